The molecule has 24 heavy (non-hydrogen) atoms. The fourth-order valence-corrected chi connectivity index (χ4v) is 3.19. The van der Waals surface area contributed by atoms with E-state index in [1.54, 1.807) is 18.5 Å². The van der Waals surface area contributed by atoms with Gasteiger partial charge in [-0.3, -0.25) is 9.36 Å². The van der Waals surface area contributed by atoms with Crippen LogP contribution < -0.4 is 4.74 Å². The Morgan fingerprint density at radius 2 is 2.00 bits per heavy atom. The van der Waals surface area contributed by atoms with Crippen molar-refractivity contribution in [3.63, 3.8) is 0 Å². The van der Waals surface area contributed by atoms with Gasteiger partial charge in [-0.15, -0.1) is 0 Å². The number of nitrogens with zero attached hydrogens (tertiary/aromatic N) is 2. The molecule has 5 nitrogen and oxygen atoms in total. The van der Waals surface area contributed by atoms with E-state index in [2.05, 4.69) is 24.6 Å². The second-order valence-electron chi connectivity index (χ2n) is 6.48. The summed E-state index contributed by atoms with van der Waals surface area (Å²) in [6.07, 6.45) is 7.96. The molecule has 0 N–H and O–H groups in total. The Morgan fingerprint density at radius 1 is 1.29 bits per heavy atom. The summed E-state index contributed by atoms with van der Waals surface area (Å²) in [5.41, 5.74) is 0.928. The third-order valence-electron chi connectivity index (χ3n) is 3.33. The lowest BCUT2D eigenvalue weighted by Gasteiger charge is -2.29. The molecule has 0 radical (unpaired) electrons. The molecule has 0 aliphatic carbocycles. The molecule has 1 aromatic heterocycles. The van der Waals surface area contributed by atoms with Crippen molar-refractivity contribution >= 4 is 20.1 Å². The third-order valence-corrected chi connectivity index (χ3v) is 5.02. The van der Waals surface area contributed by atoms with Crippen LogP contribution in [-0.4, -0.2) is 36.1 Å². The summed E-state index contributed by atoms with van der Waals surface area (Å²) >= 11 is 0. The Balaban J connectivity index is 2.01. The number of aromatic nitrogens is 2. The molecular formula is C18H24N2O3Si. The largest absolute Gasteiger partial charge is 0.469 e. The predicted molar refractivity (Wildman–Crippen MR) is 97.7 cm³/mol. The number of hydrogen-bond acceptors (Lipinski definition) is 4. The van der Waals surface area contributed by atoms with E-state index < -0.39 is 8.07 Å². The fourth-order valence-electron chi connectivity index (χ4n) is 2.04. The van der Waals surface area contributed by atoms with Gasteiger partial charge in [0.1, 0.15) is 20.2 Å². The molecule has 0 bridgehead atoms. The van der Waals surface area contributed by atoms with Gasteiger partial charge in [0.25, 0.3) is 5.91 Å². The fraction of sp³-hybridized carbons (Fsp3) is 0.333. The summed E-state index contributed by atoms with van der Waals surface area (Å²) < 4.78 is 13.2. The summed E-state index contributed by atoms with van der Waals surface area (Å²) in [4.78, 5) is 15.7. The number of hydrogen-bond donors (Lipinski definition) is 0. The highest BCUT2D eigenvalue weighted by molar-refractivity contribution is 6.77. The molecule has 0 amide bonds. The minimum absolute atomic E-state index is 0.136. The first-order valence-corrected chi connectivity index (χ1v) is 11.6. The molecule has 1 aromatic carbocycles. The standard InChI is InChI=1S/C18H24N2O3Si/c1-5-22-18(24(2,3)4)23-16-9-6-15(7-10-16)8-11-17(21)20-13-12-19-14-20/h6-14,18H,5H2,1-4H3/b11-8+. The van der Waals surface area contributed by atoms with Crippen molar-refractivity contribution in [3.05, 3.63) is 54.6 Å². The van der Waals surface area contributed by atoms with Crippen molar-refractivity contribution in [2.45, 2.75) is 32.5 Å². The minimum Gasteiger partial charge on any atom is -0.469 e. The molecule has 0 spiro atoms. The van der Waals surface area contributed by atoms with Crippen molar-refractivity contribution in [3.8, 4) is 5.75 Å². The highest BCUT2D eigenvalue weighted by atomic mass is 28.3. The molecule has 0 aliphatic heterocycles. The first kappa shape index (κ1) is 18.2. The van der Waals surface area contributed by atoms with Crippen LogP contribution in [-0.2, 0) is 4.74 Å². The highest BCUT2D eigenvalue weighted by Gasteiger charge is 2.29. The van der Waals surface area contributed by atoms with Crippen LogP contribution >= 0.6 is 0 Å². The Kier molecular flexibility index (Phi) is 6.11. The molecule has 1 atom stereocenters. The number of rotatable bonds is 7. The molecule has 0 fully saturated rings. The topological polar surface area (TPSA) is 53.4 Å². The maximum Gasteiger partial charge on any atom is 0.255 e. The van der Waals surface area contributed by atoms with E-state index in [0.717, 1.165) is 11.3 Å². The Labute approximate surface area is 143 Å². The summed E-state index contributed by atoms with van der Waals surface area (Å²) in [5, 5.41) is 0. The van der Waals surface area contributed by atoms with Crippen molar-refractivity contribution in [1.29, 1.82) is 0 Å². The summed E-state index contributed by atoms with van der Waals surface area (Å²) in [6.45, 7) is 9.25. The lowest BCUT2D eigenvalue weighted by Crippen LogP contribution is -2.44. The number of imidazole rings is 1. The normalized spacial score (nSPS) is 13.2. The van der Waals surface area contributed by atoms with E-state index in [-0.39, 0.29) is 11.8 Å². The zero-order chi connectivity index (χ0) is 17.6. The lowest BCUT2D eigenvalue weighted by atomic mass is 10.2. The Hall–Kier alpha value is -2.18. The number of ether oxygens (including phenoxy) is 2. The van der Waals surface area contributed by atoms with Gasteiger partial charge < -0.3 is 9.47 Å². The van der Waals surface area contributed by atoms with E-state index in [9.17, 15) is 4.79 Å². The maximum atomic E-state index is 11.9. The second-order valence-corrected chi connectivity index (χ2v) is 11.7. The summed E-state index contributed by atoms with van der Waals surface area (Å²) in [6, 6.07) is 7.63. The zero-order valence-electron chi connectivity index (χ0n) is 14.6. The van der Waals surface area contributed by atoms with Gasteiger partial charge in [0.2, 0.25) is 0 Å². The van der Waals surface area contributed by atoms with Crippen molar-refractivity contribution < 1.29 is 14.3 Å². The Bertz CT molecular complexity index is 673. The van der Waals surface area contributed by atoms with Crippen LogP contribution in [0.5, 0.6) is 5.75 Å². The van der Waals surface area contributed by atoms with Crippen molar-refractivity contribution in [1.82, 2.24) is 9.55 Å². The first-order valence-electron chi connectivity index (χ1n) is 7.99. The van der Waals surface area contributed by atoms with Crippen LogP contribution in [0.1, 0.15) is 17.3 Å². The monoisotopic (exact) mass is 344 g/mol. The highest BCUT2D eigenvalue weighted by Crippen LogP contribution is 2.20. The van der Waals surface area contributed by atoms with Gasteiger partial charge in [0.05, 0.1) is 0 Å². The molecule has 0 saturated heterocycles. The Morgan fingerprint density at radius 3 is 2.54 bits per heavy atom. The van der Waals surface area contributed by atoms with Gasteiger partial charge in [0, 0.05) is 25.1 Å². The van der Waals surface area contributed by atoms with Crippen molar-refractivity contribution in [2.75, 3.05) is 6.61 Å². The third kappa shape index (κ3) is 5.18. The minimum atomic E-state index is -1.58. The maximum absolute atomic E-state index is 11.9. The van der Waals surface area contributed by atoms with Gasteiger partial charge in [0.15, 0.2) is 5.91 Å². The van der Waals surface area contributed by atoms with E-state index >= 15 is 0 Å². The SMILES string of the molecule is CCOC(Oc1ccc(/C=C/C(=O)n2ccnc2)cc1)[Si](C)(C)C. The zero-order valence-corrected chi connectivity index (χ0v) is 15.6. The van der Waals surface area contributed by atoms with Crippen LogP contribution in [0.15, 0.2) is 49.1 Å². The average molecular weight is 344 g/mol. The van der Waals surface area contributed by atoms with Crippen LogP contribution in [0.25, 0.3) is 6.08 Å². The van der Waals surface area contributed by atoms with Gasteiger partial charge in [-0.1, -0.05) is 31.8 Å². The molecular weight excluding hydrogens is 320 g/mol. The number of carbonyl (C=O) groups is 1. The lowest BCUT2D eigenvalue weighted by molar-refractivity contribution is -0.0234. The average Bonchev–Trinajstić information content (AvgIpc) is 3.07. The number of allylic oxidation sites excluding steroid dienone is 1. The smallest absolute Gasteiger partial charge is 0.255 e. The van der Waals surface area contributed by atoms with Crippen LogP contribution in [0.2, 0.25) is 19.6 Å². The molecule has 6 heteroatoms. The van der Waals surface area contributed by atoms with Gasteiger partial charge in [-0.2, -0.15) is 0 Å². The summed E-state index contributed by atoms with van der Waals surface area (Å²) in [5.74, 6) is 0.462. The number of benzene rings is 1. The van der Waals surface area contributed by atoms with Crippen LogP contribution in [0.4, 0.5) is 0 Å². The first-order chi connectivity index (χ1) is 11.4. The van der Waals surface area contributed by atoms with Crippen LogP contribution in [0.3, 0.4) is 0 Å². The van der Waals surface area contributed by atoms with Crippen molar-refractivity contribution in [2.24, 2.45) is 0 Å². The molecule has 2 aromatic rings. The molecule has 128 valence electrons. The summed E-state index contributed by atoms with van der Waals surface area (Å²) in [7, 11) is -1.58. The molecule has 0 aliphatic rings. The quantitative estimate of drug-likeness (QED) is 0.435. The van der Waals surface area contributed by atoms with Gasteiger partial charge in [-0.05, 0) is 30.7 Å². The molecule has 2 rings (SSSR count). The van der Waals surface area contributed by atoms with Gasteiger partial charge in [-0.25, -0.2) is 4.98 Å². The number of carbonyl (C=O) groups excluding carboxylic acids is 1. The van der Waals surface area contributed by atoms with Crippen LogP contribution in [0, 0.1) is 0 Å². The predicted octanol–water partition coefficient (Wildman–Crippen LogP) is 3.86. The van der Waals surface area contributed by atoms with E-state index in [4.69, 9.17) is 9.47 Å². The molecule has 0 saturated carbocycles. The van der Waals surface area contributed by atoms with E-state index in [1.165, 1.54) is 17.0 Å². The van der Waals surface area contributed by atoms with Gasteiger partial charge >= 0.3 is 0 Å². The van der Waals surface area contributed by atoms with E-state index in [1.807, 2.05) is 31.2 Å². The molecule has 1 heterocycles. The van der Waals surface area contributed by atoms with E-state index in [0.29, 0.717) is 6.61 Å². The molecule has 1 unspecified atom stereocenters. The second kappa shape index (κ2) is 8.08.